The Morgan fingerprint density at radius 1 is 0.955 bits per heavy atom. The molecule has 1 aliphatic rings. The Hall–Kier alpha value is -3.08. The topological polar surface area (TPSA) is 84.2 Å². The largest absolute Gasteiger partial charge is 0.399 e. The molecule has 0 saturated carbocycles. The number of nitrogen functional groups attached to an aromatic ring is 1. The summed E-state index contributed by atoms with van der Waals surface area (Å²) in [6.07, 6.45) is 1.64. The van der Waals surface area contributed by atoms with Crippen molar-refractivity contribution in [2.24, 2.45) is 0 Å². The molecule has 0 aromatic heterocycles. The van der Waals surface area contributed by atoms with Crippen molar-refractivity contribution in [3.8, 4) is 0 Å². The van der Waals surface area contributed by atoms with Gasteiger partial charge in [-0.15, -0.1) is 0 Å². The normalized spacial score (nSPS) is 15.4. The van der Waals surface area contributed by atoms with Gasteiger partial charge in [-0.05, 0) is 23.8 Å². The number of fused-ring (bicyclic) bond motifs is 1. The van der Waals surface area contributed by atoms with Gasteiger partial charge in [-0.3, -0.25) is 14.9 Å². The summed E-state index contributed by atoms with van der Waals surface area (Å²) in [7, 11) is 0. The van der Waals surface area contributed by atoms with Gasteiger partial charge >= 0.3 is 0 Å². The average Bonchev–Trinajstić information content (AvgIpc) is 2.52. The minimum Gasteiger partial charge on any atom is -0.399 e. The molecule has 0 aliphatic carbocycles. The number of imide groups is 1. The van der Waals surface area contributed by atoms with Crippen LogP contribution in [0.2, 0.25) is 0 Å². The van der Waals surface area contributed by atoms with Crippen LogP contribution in [-0.4, -0.2) is 11.8 Å². The monoisotopic (exact) mass is 293 g/mol. The van der Waals surface area contributed by atoms with Crippen LogP contribution in [-0.2, 0) is 11.3 Å². The second kappa shape index (κ2) is 5.73. The quantitative estimate of drug-likeness (QED) is 0.456. The van der Waals surface area contributed by atoms with E-state index in [1.54, 1.807) is 30.5 Å². The Morgan fingerprint density at radius 2 is 1.64 bits per heavy atom. The van der Waals surface area contributed by atoms with Crippen molar-refractivity contribution in [2.45, 2.75) is 6.54 Å². The maximum Gasteiger partial charge on any atom is 0.260 e. The Kier molecular flexibility index (Phi) is 3.62. The number of nitrogens with one attached hydrogen (secondary N) is 2. The first kappa shape index (κ1) is 13.9. The highest BCUT2D eigenvalue weighted by Gasteiger charge is 2.26. The van der Waals surface area contributed by atoms with Gasteiger partial charge in [0.05, 0.1) is 5.57 Å². The maximum absolute atomic E-state index is 12.0. The highest BCUT2D eigenvalue weighted by atomic mass is 16.2. The van der Waals surface area contributed by atoms with Crippen LogP contribution in [0.25, 0.3) is 5.57 Å². The fourth-order valence-electron chi connectivity index (χ4n) is 2.33. The van der Waals surface area contributed by atoms with Crippen LogP contribution >= 0.6 is 0 Å². The molecule has 110 valence electrons. The van der Waals surface area contributed by atoms with Crippen LogP contribution in [0.5, 0.6) is 0 Å². The molecule has 2 amide bonds. The summed E-state index contributed by atoms with van der Waals surface area (Å²) in [4.78, 5) is 23.8. The van der Waals surface area contributed by atoms with Gasteiger partial charge in [0.1, 0.15) is 0 Å². The lowest BCUT2D eigenvalue weighted by Crippen LogP contribution is -2.36. The molecule has 2 aromatic carbocycles. The summed E-state index contributed by atoms with van der Waals surface area (Å²) < 4.78 is 0. The number of carbonyl (C=O) groups excluding carboxylic acids is 2. The number of benzene rings is 2. The van der Waals surface area contributed by atoms with E-state index in [-0.39, 0.29) is 5.91 Å². The summed E-state index contributed by atoms with van der Waals surface area (Å²) >= 11 is 0. The van der Waals surface area contributed by atoms with E-state index in [2.05, 4.69) is 10.6 Å². The number of amides is 2. The first-order chi connectivity index (χ1) is 10.6. The lowest BCUT2D eigenvalue weighted by atomic mass is 9.96. The van der Waals surface area contributed by atoms with E-state index in [0.717, 1.165) is 5.56 Å². The molecule has 0 atom stereocenters. The summed E-state index contributed by atoms with van der Waals surface area (Å²) in [5.41, 5.74) is 8.99. The second-order valence-electron chi connectivity index (χ2n) is 5.01. The highest BCUT2D eigenvalue weighted by molar-refractivity contribution is 6.30. The van der Waals surface area contributed by atoms with Crippen molar-refractivity contribution in [1.82, 2.24) is 10.6 Å². The molecule has 2 aromatic rings. The summed E-state index contributed by atoms with van der Waals surface area (Å²) in [6, 6.07) is 14.5. The zero-order chi connectivity index (χ0) is 15.5. The van der Waals surface area contributed by atoms with Crippen LogP contribution < -0.4 is 16.4 Å². The minimum atomic E-state index is -0.395. The van der Waals surface area contributed by atoms with Gasteiger partial charge in [0.2, 0.25) is 0 Å². The Bertz CT molecular complexity index is 764. The van der Waals surface area contributed by atoms with Crippen molar-refractivity contribution in [3.05, 3.63) is 71.4 Å². The molecule has 1 aliphatic heterocycles. The molecule has 1 heterocycles. The van der Waals surface area contributed by atoms with E-state index in [0.29, 0.717) is 28.9 Å². The fourth-order valence-corrected chi connectivity index (χ4v) is 2.33. The second-order valence-corrected chi connectivity index (χ2v) is 5.01. The third-order valence-electron chi connectivity index (χ3n) is 3.47. The van der Waals surface area contributed by atoms with E-state index in [1.165, 1.54) is 0 Å². The standard InChI is InChI=1S/C17H15N3O2/c18-12-7-5-11(6-8-12)9-19-10-15-13-3-1-2-4-14(13)16(21)20-17(15)22/h1-8,10,19H,9,18H2,(H,20,21,22)/b15-10-. The van der Waals surface area contributed by atoms with Crippen molar-refractivity contribution in [2.75, 3.05) is 5.73 Å². The summed E-state index contributed by atoms with van der Waals surface area (Å²) in [5.74, 6) is -0.759. The molecule has 5 nitrogen and oxygen atoms in total. The van der Waals surface area contributed by atoms with Crippen LogP contribution in [0.1, 0.15) is 21.5 Å². The van der Waals surface area contributed by atoms with E-state index < -0.39 is 5.91 Å². The molecular weight excluding hydrogens is 278 g/mol. The molecule has 4 N–H and O–H groups in total. The van der Waals surface area contributed by atoms with Gasteiger partial charge in [0.15, 0.2) is 0 Å². The molecule has 0 unspecified atom stereocenters. The van der Waals surface area contributed by atoms with Gasteiger partial charge in [0, 0.05) is 29.6 Å². The molecule has 0 radical (unpaired) electrons. The molecule has 0 spiro atoms. The summed E-state index contributed by atoms with van der Waals surface area (Å²) in [6.45, 7) is 0.563. The number of carbonyl (C=O) groups is 2. The first-order valence-corrected chi connectivity index (χ1v) is 6.88. The fraction of sp³-hybridized carbons (Fsp3) is 0.0588. The maximum atomic E-state index is 12.0. The number of hydrogen-bond acceptors (Lipinski definition) is 4. The average molecular weight is 293 g/mol. The molecular formula is C17H15N3O2. The van der Waals surface area contributed by atoms with E-state index in [4.69, 9.17) is 5.73 Å². The van der Waals surface area contributed by atoms with E-state index in [1.807, 2.05) is 24.3 Å². The van der Waals surface area contributed by atoms with Crippen molar-refractivity contribution >= 4 is 23.1 Å². The molecule has 22 heavy (non-hydrogen) atoms. The van der Waals surface area contributed by atoms with Crippen molar-refractivity contribution in [1.29, 1.82) is 0 Å². The van der Waals surface area contributed by atoms with E-state index in [9.17, 15) is 9.59 Å². The zero-order valence-corrected chi connectivity index (χ0v) is 11.8. The molecule has 5 heteroatoms. The van der Waals surface area contributed by atoms with E-state index >= 15 is 0 Å². The number of rotatable bonds is 3. The van der Waals surface area contributed by atoms with Gasteiger partial charge < -0.3 is 11.1 Å². The predicted octanol–water partition coefficient (Wildman–Crippen LogP) is 1.67. The molecule has 0 saturated heterocycles. The minimum absolute atomic E-state index is 0.365. The lowest BCUT2D eigenvalue weighted by Gasteiger charge is -2.18. The van der Waals surface area contributed by atoms with Gasteiger partial charge in [-0.2, -0.15) is 0 Å². The smallest absolute Gasteiger partial charge is 0.260 e. The molecule has 0 bridgehead atoms. The lowest BCUT2D eigenvalue weighted by molar-refractivity contribution is -0.114. The SMILES string of the molecule is Nc1ccc(CN/C=C2\C(=O)NC(=O)c3ccccc32)cc1. The Balaban J connectivity index is 1.81. The van der Waals surface area contributed by atoms with Gasteiger partial charge in [0.25, 0.3) is 11.8 Å². The van der Waals surface area contributed by atoms with Crippen LogP contribution in [0.4, 0.5) is 5.69 Å². The Labute approximate surface area is 127 Å². The first-order valence-electron chi connectivity index (χ1n) is 6.88. The number of anilines is 1. The van der Waals surface area contributed by atoms with Crippen molar-refractivity contribution in [3.63, 3.8) is 0 Å². The highest BCUT2D eigenvalue weighted by Crippen LogP contribution is 2.23. The van der Waals surface area contributed by atoms with Crippen LogP contribution in [0.15, 0.2) is 54.7 Å². The van der Waals surface area contributed by atoms with Gasteiger partial charge in [-0.1, -0.05) is 30.3 Å². The van der Waals surface area contributed by atoms with Crippen molar-refractivity contribution < 1.29 is 9.59 Å². The predicted molar refractivity (Wildman–Crippen MR) is 84.6 cm³/mol. The van der Waals surface area contributed by atoms with Crippen LogP contribution in [0, 0.1) is 0 Å². The molecule has 3 rings (SSSR count). The molecule has 0 fully saturated rings. The number of hydrogen-bond donors (Lipinski definition) is 3. The Morgan fingerprint density at radius 3 is 2.36 bits per heavy atom. The number of nitrogens with two attached hydrogens (primary N) is 1. The zero-order valence-electron chi connectivity index (χ0n) is 11.8. The third kappa shape index (κ3) is 2.69. The van der Waals surface area contributed by atoms with Crippen LogP contribution in [0.3, 0.4) is 0 Å². The van der Waals surface area contributed by atoms with Gasteiger partial charge in [-0.25, -0.2) is 0 Å². The summed E-state index contributed by atoms with van der Waals surface area (Å²) in [5, 5.41) is 5.44. The third-order valence-corrected chi connectivity index (χ3v) is 3.47.